The van der Waals surface area contributed by atoms with Gasteiger partial charge in [0, 0.05) is 0 Å². The van der Waals surface area contributed by atoms with E-state index >= 15 is 0 Å². The van der Waals surface area contributed by atoms with E-state index in [2.05, 4.69) is 0 Å². The molecule has 114 valence electrons. The highest BCUT2D eigenvalue weighted by Gasteiger charge is 2.41. The molecule has 0 fully saturated rings. The molecule has 0 amide bonds. The van der Waals surface area contributed by atoms with Crippen LogP contribution in [0.1, 0.15) is 12.0 Å². The minimum Gasteiger partial charge on any atom is -0.481 e. The number of carbonyl (C=O) groups is 2. The fraction of sp³-hybridized carbons (Fsp3) is 0.375. The monoisotopic (exact) mass is 292 g/mol. The summed E-state index contributed by atoms with van der Waals surface area (Å²) in [4.78, 5) is 23.2. The first-order valence-electron chi connectivity index (χ1n) is 6.65. The zero-order valence-electron chi connectivity index (χ0n) is 12.6. The molecular formula is C16H22NO4+. The second kappa shape index (κ2) is 6.65. The Morgan fingerprint density at radius 2 is 1.76 bits per heavy atom. The average molecular weight is 292 g/mol. The summed E-state index contributed by atoms with van der Waals surface area (Å²) < 4.78 is 0.286. The maximum absolute atomic E-state index is 12.2. The van der Waals surface area contributed by atoms with Gasteiger partial charge in [-0.15, -0.1) is 0 Å². The fourth-order valence-corrected chi connectivity index (χ4v) is 2.15. The Morgan fingerprint density at radius 3 is 2.24 bits per heavy atom. The summed E-state index contributed by atoms with van der Waals surface area (Å²) in [5.74, 6) is -1.80. The molecule has 2 N–H and O–H groups in total. The van der Waals surface area contributed by atoms with Gasteiger partial charge in [-0.1, -0.05) is 36.4 Å². The van der Waals surface area contributed by atoms with Gasteiger partial charge in [-0.2, -0.15) is 0 Å². The third-order valence-electron chi connectivity index (χ3n) is 2.86. The van der Waals surface area contributed by atoms with Crippen LogP contribution >= 0.6 is 0 Å². The Bertz CT molecular complexity index is 531. The van der Waals surface area contributed by atoms with E-state index in [1.54, 1.807) is 27.2 Å². The second-order valence-electron chi connectivity index (χ2n) is 6.16. The third-order valence-corrected chi connectivity index (χ3v) is 2.86. The Balaban J connectivity index is 2.95. The van der Waals surface area contributed by atoms with Crippen LogP contribution in [0.15, 0.2) is 36.4 Å². The molecule has 0 aliphatic carbocycles. The number of carbonyl (C=O) groups excluding carboxylic acids is 1. The summed E-state index contributed by atoms with van der Waals surface area (Å²) in [6.45, 7) is 0.0251. The lowest BCUT2D eigenvalue weighted by atomic mass is 9.92. The van der Waals surface area contributed by atoms with E-state index in [0.717, 1.165) is 5.56 Å². The number of aliphatic hydroxyl groups is 1. The number of nitrogens with zero attached hydrogens (tertiary/aromatic N) is 1. The first-order chi connectivity index (χ1) is 9.62. The molecule has 0 saturated carbocycles. The van der Waals surface area contributed by atoms with Crippen LogP contribution in [-0.4, -0.2) is 59.7 Å². The van der Waals surface area contributed by atoms with Gasteiger partial charge in [-0.3, -0.25) is 9.59 Å². The smallest absolute Gasteiger partial charge is 0.307 e. The normalized spacial score (nSPS) is 14.9. The maximum Gasteiger partial charge on any atom is 0.307 e. The number of ketones is 1. The number of hydrogen-bond donors (Lipinski definition) is 2. The molecule has 21 heavy (non-hydrogen) atoms. The van der Waals surface area contributed by atoms with Gasteiger partial charge >= 0.3 is 5.97 Å². The van der Waals surface area contributed by atoms with Crippen LogP contribution < -0.4 is 0 Å². The zero-order chi connectivity index (χ0) is 16.1. The number of carboxylic acid groups (broad SMARTS) is 1. The van der Waals surface area contributed by atoms with Gasteiger partial charge in [0.2, 0.25) is 0 Å². The lowest BCUT2D eigenvalue weighted by Gasteiger charge is -2.33. The van der Waals surface area contributed by atoms with Gasteiger partial charge in [-0.25, -0.2) is 0 Å². The first-order valence-corrected chi connectivity index (χ1v) is 6.65. The van der Waals surface area contributed by atoms with Crippen molar-refractivity contribution in [1.82, 2.24) is 0 Å². The van der Waals surface area contributed by atoms with E-state index < -0.39 is 23.8 Å². The Morgan fingerprint density at radius 1 is 1.19 bits per heavy atom. The summed E-state index contributed by atoms with van der Waals surface area (Å²) in [6.07, 6.45) is 2.21. The average Bonchev–Trinajstić information content (AvgIpc) is 2.33. The molecule has 0 saturated heterocycles. The summed E-state index contributed by atoms with van der Waals surface area (Å²) in [5, 5.41) is 19.4. The number of likely N-dealkylation sites (N-methyl/N-ethyl adjacent to an activating group) is 1. The minimum atomic E-state index is -1.91. The Hall–Kier alpha value is -1.98. The van der Waals surface area contributed by atoms with Gasteiger partial charge in [0.05, 0.1) is 27.6 Å². The van der Waals surface area contributed by atoms with Crippen molar-refractivity contribution in [2.45, 2.75) is 12.0 Å². The highest BCUT2D eigenvalue weighted by Crippen LogP contribution is 2.17. The predicted octanol–water partition coefficient (Wildman–Crippen LogP) is 1.18. The molecule has 0 bridgehead atoms. The molecule has 5 heteroatoms. The highest BCUT2D eigenvalue weighted by atomic mass is 16.4. The Labute approximate surface area is 124 Å². The van der Waals surface area contributed by atoms with Crippen LogP contribution in [0.5, 0.6) is 0 Å². The van der Waals surface area contributed by atoms with Gasteiger partial charge in [-0.05, 0) is 11.6 Å². The molecule has 0 aromatic heterocycles. The van der Waals surface area contributed by atoms with Crippen LogP contribution in [0.2, 0.25) is 0 Å². The lowest BCUT2D eigenvalue weighted by Crippen LogP contribution is -2.54. The largest absolute Gasteiger partial charge is 0.481 e. The zero-order valence-corrected chi connectivity index (χ0v) is 12.6. The molecule has 1 rings (SSSR count). The molecule has 1 aromatic rings. The Kier molecular flexibility index (Phi) is 5.41. The molecule has 0 spiro atoms. The van der Waals surface area contributed by atoms with Crippen molar-refractivity contribution in [3.63, 3.8) is 0 Å². The number of benzene rings is 1. The van der Waals surface area contributed by atoms with Crippen LogP contribution in [0, 0.1) is 0 Å². The molecule has 0 heterocycles. The van der Waals surface area contributed by atoms with Crippen molar-refractivity contribution in [1.29, 1.82) is 0 Å². The number of quaternary nitrogens is 1. The molecule has 1 aromatic carbocycles. The molecule has 0 aliphatic heterocycles. The van der Waals surface area contributed by atoms with E-state index in [1.807, 2.05) is 30.3 Å². The summed E-state index contributed by atoms with van der Waals surface area (Å²) in [6, 6.07) is 9.16. The first kappa shape index (κ1) is 17.1. The second-order valence-corrected chi connectivity index (χ2v) is 6.16. The van der Waals surface area contributed by atoms with E-state index in [4.69, 9.17) is 5.11 Å². The molecule has 0 aliphatic rings. The number of aliphatic carboxylic acids is 1. The molecule has 1 atom stereocenters. The van der Waals surface area contributed by atoms with Crippen LogP contribution in [0.4, 0.5) is 0 Å². The van der Waals surface area contributed by atoms with Crippen molar-refractivity contribution >= 4 is 17.8 Å². The highest BCUT2D eigenvalue weighted by molar-refractivity contribution is 6.01. The predicted molar refractivity (Wildman–Crippen MR) is 80.6 cm³/mol. The van der Waals surface area contributed by atoms with Gasteiger partial charge < -0.3 is 14.7 Å². The lowest BCUT2D eigenvalue weighted by molar-refractivity contribution is -0.875. The van der Waals surface area contributed by atoms with Crippen molar-refractivity contribution in [3.8, 4) is 0 Å². The van der Waals surface area contributed by atoms with Gasteiger partial charge in [0.15, 0.2) is 11.4 Å². The van der Waals surface area contributed by atoms with Gasteiger partial charge in [0.25, 0.3) is 0 Å². The maximum atomic E-state index is 12.2. The van der Waals surface area contributed by atoms with Gasteiger partial charge in [0.1, 0.15) is 6.54 Å². The summed E-state index contributed by atoms with van der Waals surface area (Å²) in [5.41, 5.74) is -1.09. The van der Waals surface area contributed by atoms with Crippen LogP contribution in [0.25, 0.3) is 6.08 Å². The molecule has 1 unspecified atom stereocenters. The quantitative estimate of drug-likeness (QED) is 0.584. The number of carboxylic acids is 1. The van der Waals surface area contributed by atoms with Crippen LogP contribution in [0.3, 0.4) is 0 Å². The standard InChI is InChI=1S/C16H21NO4/c1-17(2,3)12-16(21,11-15(19)20)14(18)10-9-13-7-5-4-6-8-13/h4-10,21H,11-12H2,1-3H3/p+1. The third kappa shape index (κ3) is 5.89. The SMILES string of the molecule is C[N+](C)(C)CC(O)(CC(=O)O)C(=O)C=Cc1ccccc1. The van der Waals surface area contributed by atoms with Crippen molar-refractivity contribution in [2.24, 2.45) is 0 Å². The van der Waals surface area contributed by atoms with E-state index in [1.165, 1.54) is 6.08 Å². The fourth-order valence-electron chi connectivity index (χ4n) is 2.15. The number of rotatable bonds is 7. The number of hydrogen-bond acceptors (Lipinski definition) is 3. The topological polar surface area (TPSA) is 74.6 Å². The minimum absolute atomic E-state index is 0.0251. The van der Waals surface area contributed by atoms with E-state index in [0.29, 0.717) is 0 Å². The van der Waals surface area contributed by atoms with E-state index in [9.17, 15) is 14.7 Å². The van der Waals surface area contributed by atoms with Crippen molar-refractivity contribution in [3.05, 3.63) is 42.0 Å². The van der Waals surface area contributed by atoms with Crippen molar-refractivity contribution in [2.75, 3.05) is 27.7 Å². The van der Waals surface area contributed by atoms with Crippen LogP contribution in [-0.2, 0) is 9.59 Å². The summed E-state index contributed by atoms with van der Waals surface area (Å²) >= 11 is 0. The summed E-state index contributed by atoms with van der Waals surface area (Å²) in [7, 11) is 5.38. The molecule has 0 radical (unpaired) electrons. The van der Waals surface area contributed by atoms with E-state index in [-0.39, 0.29) is 11.0 Å². The molecule has 5 nitrogen and oxygen atoms in total. The molecular weight excluding hydrogens is 270 g/mol. The van der Waals surface area contributed by atoms with Crippen molar-refractivity contribution < 1.29 is 24.3 Å².